The Morgan fingerprint density at radius 2 is 1.72 bits per heavy atom. The number of nitrogens with one attached hydrogen (secondary N) is 1. The van der Waals surface area contributed by atoms with Gasteiger partial charge in [-0.2, -0.15) is 0 Å². The smallest absolute Gasteiger partial charge is 0.193 e. The molecule has 9 heteroatoms. The number of methoxy groups -OCH3 is 2. The fourth-order valence-electron chi connectivity index (χ4n) is 4.33. The molecule has 0 amide bonds. The lowest BCUT2D eigenvalue weighted by Gasteiger charge is -2.39. The number of halogens is 1. The first-order chi connectivity index (χ1) is 15.0. The van der Waals surface area contributed by atoms with Crippen LogP contribution in [0, 0.1) is 0 Å². The highest BCUT2D eigenvalue weighted by molar-refractivity contribution is 14.0. The van der Waals surface area contributed by atoms with Crippen molar-refractivity contribution in [2.24, 2.45) is 4.99 Å². The first-order valence-electron chi connectivity index (χ1n) is 11.4. The summed E-state index contributed by atoms with van der Waals surface area (Å²) >= 11 is 0. The maximum atomic E-state index is 5.54. The summed E-state index contributed by atoms with van der Waals surface area (Å²) in [6.45, 7) is 12.6. The van der Waals surface area contributed by atoms with E-state index in [1.807, 2.05) is 19.2 Å². The van der Waals surface area contributed by atoms with Gasteiger partial charge in [0.2, 0.25) is 0 Å². The van der Waals surface area contributed by atoms with Crippen molar-refractivity contribution in [3.63, 3.8) is 0 Å². The molecule has 1 aromatic carbocycles. The number of piperazine rings is 2. The van der Waals surface area contributed by atoms with E-state index in [-0.39, 0.29) is 24.0 Å². The fourth-order valence-corrected chi connectivity index (χ4v) is 4.33. The summed E-state index contributed by atoms with van der Waals surface area (Å²) in [5.41, 5.74) is 1.17. The van der Waals surface area contributed by atoms with Crippen molar-refractivity contribution in [3.8, 4) is 11.5 Å². The van der Waals surface area contributed by atoms with Gasteiger partial charge in [0.15, 0.2) is 5.96 Å². The third-order valence-electron chi connectivity index (χ3n) is 6.48. The lowest BCUT2D eigenvalue weighted by atomic mass is 10.1. The van der Waals surface area contributed by atoms with E-state index in [1.54, 1.807) is 14.2 Å². The molecular formula is C23H41IN6O2. The molecule has 0 saturated carbocycles. The molecule has 1 atom stereocenters. The second-order valence-corrected chi connectivity index (χ2v) is 8.56. The lowest BCUT2D eigenvalue weighted by molar-refractivity contribution is 0.119. The fraction of sp³-hybridized carbons (Fsp3) is 0.696. The zero-order valence-corrected chi connectivity index (χ0v) is 22.7. The van der Waals surface area contributed by atoms with E-state index < -0.39 is 0 Å². The minimum Gasteiger partial charge on any atom is -0.497 e. The third kappa shape index (κ3) is 7.36. The van der Waals surface area contributed by atoms with Gasteiger partial charge in [-0.3, -0.25) is 14.8 Å². The van der Waals surface area contributed by atoms with E-state index in [0.29, 0.717) is 6.04 Å². The molecule has 2 heterocycles. The largest absolute Gasteiger partial charge is 0.497 e. The van der Waals surface area contributed by atoms with Crippen LogP contribution in [0.5, 0.6) is 11.5 Å². The number of aliphatic imine (C=N–C) groups is 1. The summed E-state index contributed by atoms with van der Waals surface area (Å²) < 4.78 is 10.9. The van der Waals surface area contributed by atoms with Crippen LogP contribution in [0.4, 0.5) is 0 Å². The molecule has 2 fully saturated rings. The summed E-state index contributed by atoms with van der Waals surface area (Å²) in [5.74, 6) is 2.80. The van der Waals surface area contributed by atoms with E-state index in [4.69, 9.17) is 9.47 Å². The van der Waals surface area contributed by atoms with Crippen molar-refractivity contribution in [1.82, 2.24) is 24.9 Å². The van der Waals surface area contributed by atoms with E-state index in [0.717, 1.165) is 82.9 Å². The molecule has 2 aliphatic heterocycles. The Morgan fingerprint density at radius 1 is 1.03 bits per heavy atom. The zero-order valence-electron chi connectivity index (χ0n) is 20.3. The number of hydrogen-bond acceptors (Lipinski definition) is 6. The summed E-state index contributed by atoms with van der Waals surface area (Å²) in [5, 5.41) is 3.61. The van der Waals surface area contributed by atoms with Crippen molar-refractivity contribution in [2.45, 2.75) is 19.5 Å². The van der Waals surface area contributed by atoms with Gasteiger partial charge in [0.25, 0.3) is 0 Å². The first-order valence-corrected chi connectivity index (χ1v) is 11.4. The van der Waals surface area contributed by atoms with Crippen LogP contribution in [0.25, 0.3) is 0 Å². The normalized spacial score (nSPS) is 19.9. The number of likely N-dealkylation sites (N-methyl/N-ethyl adjacent to an activating group) is 1. The van der Waals surface area contributed by atoms with Crippen LogP contribution < -0.4 is 14.8 Å². The molecule has 1 unspecified atom stereocenters. The molecule has 0 aliphatic carbocycles. The van der Waals surface area contributed by atoms with Crippen molar-refractivity contribution in [1.29, 1.82) is 0 Å². The summed E-state index contributed by atoms with van der Waals surface area (Å²) in [6, 6.07) is 6.51. The van der Waals surface area contributed by atoms with Crippen LogP contribution in [0.3, 0.4) is 0 Å². The molecule has 8 nitrogen and oxygen atoms in total. The minimum atomic E-state index is 0. The number of ether oxygens (including phenoxy) is 2. The van der Waals surface area contributed by atoms with Crippen molar-refractivity contribution in [2.75, 3.05) is 87.2 Å². The Hall–Kier alpha value is -1.30. The van der Waals surface area contributed by atoms with Crippen LogP contribution in [0.2, 0.25) is 0 Å². The number of rotatable bonds is 7. The van der Waals surface area contributed by atoms with Crippen molar-refractivity contribution >= 4 is 29.9 Å². The molecule has 1 aromatic rings. The number of guanidine groups is 1. The standard InChI is InChI=1S/C23H40N6O2.HI/c1-19(28-12-8-26(3)9-13-28)17-25-23(24-2)29-14-10-27(11-15-29)18-20-16-21(30-4)6-7-22(20)31-5;/h6-7,16,19H,8-15,17-18H2,1-5H3,(H,24,25);1H. The average Bonchev–Trinajstić information content (AvgIpc) is 2.80. The number of nitrogens with zero attached hydrogens (tertiary/aromatic N) is 5. The Kier molecular flexibility index (Phi) is 11.3. The van der Waals surface area contributed by atoms with Crippen molar-refractivity contribution < 1.29 is 9.47 Å². The predicted octanol–water partition coefficient (Wildman–Crippen LogP) is 1.65. The number of hydrogen-bond donors (Lipinski definition) is 1. The van der Waals surface area contributed by atoms with Crippen LogP contribution in [-0.2, 0) is 6.54 Å². The quantitative estimate of drug-likeness (QED) is 0.309. The Labute approximate surface area is 210 Å². The average molecular weight is 561 g/mol. The minimum absolute atomic E-state index is 0. The summed E-state index contributed by atoms with van der Waals surface area (Å²) in [4.78, 5) is 14.4. The molecule has 1 N–H and O–H groups in total. The summed E-state index contributed by atoms with van der Waals surface area (Å²) in [7, 11) is 7.51. The lowest BCUT2D eigenvalue weighted by Crippen LogP contribution is -2.55. The van der Waals surface area contributed by atoms with Gasteiger partial charge in [0.05, 0.1) is 14.2 Å². The molecule has 2 saturated heterocycles. The Bertz CT molecular complexity index is 718. The molecule has 32 heavy (non-hydrogen) atoms. The van der Waals surface area contributed by atoms with Crippen molar-refractivity contribution in [3.05, 3.63) is 23.8 Å². The van der Waals surface area contributed by atoms with Crippen LogP contribution >= 0.6 is 24.0 Å². The van der Waals surface area contributed by atoms with E-state index >= 15 is 0 Å². The Morgan fingerprint density at radius 3 is 2.31 bits per heavy atom. The molecule has 2 aliphatic rings. The third-order valence-corrected chi connectivity index (χ3v) is 6.48. The van der Waals surface area contributed by atoms with Gasteiger partial charge >= 0.3 is 0 Å². The highest BCUT2D eigenvalue weighted by atomic mass is 127. The predicted molar refractivity (Wildman–Crippen MR) is 142 cm³/mol. The summed E-state index contributed by atoms with van der Waals surface area (Å²) in [6.07, 6.45) is 0. The van der Waals surface area contributed by atoms with Gasteiger partial charge in [0.1, 0.15) is 11.5 Å². The van der Waals surface area contributed by atoms with Gasteiger partial charge in [-0.15, -0.1) is 24.0 Å². The maximum Gasteiger partial charge on any atom is 0.193 e. The van der Waals surface area contributed by atoms with Gasteiger partial charge in [-0.25, -0.2) is 0 Å². The molecule has 0 bridgehead atoms. The molecule has 0 aromatic heterocycles. The number of benzene rings is 1. The molecule has 0 radical (unpaired) electrons. The van der Waals surface area contributed by atoms with Gasteiger partial charge in [-0.05, 0) is 32.2 Å². The van der Waals surface area contributed by atoms with Gasteiger partial charge in [-0.1, -0.05) is 0 Å². The topological polar surface area (TPSA) is 55.8 Å². The first kappa shape index (κ1) is 26.9. The maximum absolute atomic E-state index is 5.54. The van der Waals surface area contributed by atoms with Gasteiger partial charge < -0.3 is 24.6 Å². The van der Waals surface area contributed by atoms with Gasteiger partial charge in [0, 0.05) is 84.1 Å². The highest BCUT2D eigenvalue weighted by Gasteiger charge is 2.23. The second kappa shape index (κ2) is 13.4. The van der Waals surface area contributed by atoms with E-state index in [1.165, 1.54) is 5.56 Å². The molecule has 182 valence electrons. The monoisotopic (exact) mass is 560 g/mol. The SMILES string of the molecule is CN=C(NCC(C)N1CCN(C)CC1)N1CCN(Cc2cc(OC)ccc2OC)CC1.I. The molecular weight excluding hydrogens is 519 g/mol. The van der Waals surface area contributed by atoms with E-state index in [2.05, 4.69) is 49.9 Å². The Balaban J connectivity index is 0.00000363. The van der Waals surface area contributed by atoms with Crippen LogP contribution in [0.15, 0.2) is 23.2 Å². The van der Waals surface area contributed by atoms with E-state index in [9.17, 15) is 0 Å². The second-order valence-electron chi connectivity index (χ2n) is 8.56. The zero-order chi connectivity index (χ0) is 22.2. The molecule has 0 spiro atoms. The van der Waals surface area contributed by atoms with Crippen LogP contribution in [0.1, 0.15) is 12.5 Å². The highest BCUT2D eigenvalue weighted by Crippen LogP contribution is 2.25. The van der Waals surface area contributed by atoms with Crippen LogP contribution in [-0.4, -0.2) is 119 Å². The molecule has 3 rings (SSSR count).